The van der Waals surface area contributed by atoms with E-state index in [-0.39, 0.29) is 34.8 Å². The first kappa shape index (κ1) is 30.5. The standard InChI is InChI=1S/C26H30N4O8S2/c1-16-18(10-13-21(29-34)25(16)27)14-22(30(15-24(31)32)40(3,37)38)26(33)28-19-11-8-17(9-12-19)20-6-4-5-7-23(20)39(2,35)36/h4-12,22,34H,13-15,27H2,1-3H3,(H,28,33)(H,31,32). The van der Waals surface area contributed by atoms with Crippen molar-refractivity contribution in [1.82, 2.24) is 4.31 Å². The fourth-order valence-corrected chi connectivity index (χ4v) is 6.20. The van der Waals surface area contributed by atoms with Gasteiger partial charge in [-0.25, -0.2) is 16.8 Å². The number of nitrogens with two attached hydrogens (primary N) is 1. The number of nitrogens with one attached hydrogen (secondary N) is 1. The van der Waals surface area contributed by atoms with E-state index in [0.717, 1.165) is 12.5 Å². The van der Waals surface area contributed by atoms with Crippen molar-refractivity contribution in [3.63, 3.8) is 0 Å². The molecule has 5 N–H and O–H groups in total. The number of carboxylic acids is 1. The van der Waals surface area contributed by atoms with E-state index < -0.39 is 44.3 Å². The zero-order valence-corrected chi connectivity index (χ0v) is 23.7. The number of allylic oxidation sites excluding steroid dienone is 3. The minimum absolute atomic E-state index is 0.136. The van der Waals surface area contributed by atoms with Crippen molar-refractivity contribution in [2.75, 3.05) is 24.4 Å². The van der Waals surface area contributed by atoms with E-state index in [9.17, 15) is 31.5 Å². The number of sulfone groups is 1. The van der Waals surface area contributed by atoms with Crippen LogP contribution in [0.25, 0.3) is 11.1 Å². The minimum Gasteiger partial charge on any atom is -0.480 e. The summed E-state index contributed by atoms with van der Waals surface area (Å²) in [5, 5.41) is 24.3. The molecular weight excluding hydrogens is 560 g/mol. The molecule has 0 fully saturated rings. The van der Waals surface area contributed by atoms with Crippen molar-refractivity contribution in [1.29, 1.82) is 0 Å². The fourth-order valence-electron chi connectivity index (χ4n) is 4.32. The zero-order chi connectivity index (χ0) is 29.8. The van der Waals surface area contributed by atoms with E-state index in [1.54, 1.807) is 43.3 Å². The second kappa shape index (κ2) is 12.0. The quantitative estimate of drug-likeness (QED) is 0.237. The molecule has 2 aromatic carbocycles. The molecule has 214 valence electrons. The SMILES string of the molecule is CC1=C(N)C(=NO)CC=C1CC(C(=O)Nc1ccc(-c2ccccc2S(C)(=O)=O)cc1)N(CC(=O)O)S(C)(=O)=O. The molecule has 0 aliphatic heterocycles. The molecule has 1 aliphatic rings. The molecule has 1 unspecified atom stereocenters. The van der Waals surface area contributed by atoms with Gasteiger partial charge in [-0.3, -0.25) is 9.59 Å². The Morgan fingerprint density at radius 1 is 1.07 bits per heavy atom. The van der Waals surface area contributed by atoms with Gasteiger partial charge in [-0.05, 0) is 48.3 Å². The highest BCUT2D eigenvalue weighted by Crippen LogP contribution is 2.30. The van der Waals surface area contributed by atoms with E-state index in [4.69, 9.17) is 10.9 Å². The summed E-state index contributed by atoms with van der Waals surface area (Å²) in [7, 11) is -7.66. The molecule has 0 spiro atoms. The van der Waals surface area contributed by atoms with Gasteiger partial charge in [0.2, 0.25) is 15.9 Å². The van der Waals surface area contributed by atoms with Gasteiger partial charge >= 0.3 is 5.97 Å². The van der Waals surface area contributed by atoms with Gasteiger partial charge in [-0.15, -0.1) is 0 Å². The fraction of sp³-hybridized carbons (Fsp3) is 0.269. The Morgan fingerprint density at radius 2 is 1.70 bits per heavy atom. The molecule has 0 heterocycles. The number of hydrogen-bond acceptors (Lipinski definition) is 9. The summed E-state index contributed by atoms with van der Waals surface area (Å²) in [4.78, 5) is 25.2. The Labute approximate surface area is 232 Å². The van der Waals surface area contributed by atoms with Crippen molar-refractivity contribution < 1.29 is 36.7 Å². The molecule has 2 aromatic rings. The van der Waals surface area contributed by atoms with E-state index in [1.807, 2.05) is 0 Å². The maximum absolute atomic E-state index is 13.5. The highest BCUT2D eigenvalue weighted by atomic mass is 32.2. The number of rotatable bonds is 10. The van der Waals surface area contributed by atoms with Gasteiger partial charge in [-0.2, -0.15) is 4.31 Å². The van der Waals surface area contributed by atoms with Crippen LogP contribution in [-0.4, -0.2) is 74.1 Å². The molecule has 0 saturated carbocycles. The van der Waals surface area contributed by atoms with Gasteiger partial charge in [-0.1, -0.05) is 41.6 Å². The summed E-state index contributed by atoms with van der Waals surface area (Å²) in [5.74, 6) is -2.24. The largest absolute Gasteiger partial charge is 0.480 e. The van der Waals surface area contributed by atoms with Crippen LogP contribution >= 0.6 is 0 Å². The number of hydrogen-bond donors (Lipinski definition) is 4. The third-order valence-corrected chi connectivity index (χ3v) is 8.78. The number of anilines is 1. The Bertz CT molecular complexity index is 1630. The van der Waals surface area contributed by atoms with E-state index in [1.165, 1.54) is 18.2 Å². The Morgan fingerprint density at radius 3 is 2.25 bits per heavy atom. The maximum atomic E-state index is 13.5. The van der Waals surface area contributed by atoms with E-state index in [0.29, 0.717) is 26.6 Å². The van der Waals surface area contributed by atoms with Gasteiger partial charge in [0.05, 0.1) is 16.8 Å². The average molecular weight is 591 g/mol. The third kappa shape index (κ3) is 7.14. The number of carbonyl (C=O) groups excluding carboxylic acids is 1. The van der Waals surface area contributed by atoms with Gasteiger partial charge in [0.1, 0.15) is 18.3 Å². The zero-order valence-electron chi connectivity index (χ0n) is 22.0. The lowest BCUT2D eigenvalue weighted by Gasteiger charge is -2.29. The number of sulfonamides is 1. The van der Waals surface area contributed by atoms with Crippen LogP contribution in [0, 0.1) is 0 Å². The van der Waals surface area contributed by atoms with Crippen LogP contribution in [0.15, 0.2) is 81.5 Å². The predicted molar refractivity (Wildman–Crippen MR) is 150 cm³/mol. The maximum Gasteiger partial charge on any atom is 0.318 e. The molecule has 0 saturated heterocycles. The van der Waals surface area contributed by atoms with Crippen LogP contribution in [0.1, 0.15) is 19.8 Å². The Balaban J connectivity index is 1.96. The van der Waals surface area contributed by atoms with Gasteiger partial charge in [0.25, 0.3) is 0 Å². The molecular formula is C26H30N4O8S2. The highest BCUT2D eigenvalue weighted by molar-refractivity contribution is 7.90. The molecule has 0 radical (unpaired) electrons. The first-order valence-corrected chi connectivity index (χ1v) is 15.6. The molecule has 12 nitrogen and oxygen atoms in total. The predicted octanol–water partition coefficient (Wildman–Crippen LogP) is 2.19. The number of nitrogens with zero attached hydrogens (tertiary/aromatic N) is 2. The lowest BCUT2D eigenvalue weighted by molar-refractivity contribution is -0.137. The topological polar surface area (TPSA) is 197 Å². The highest BCUT2D eigenvalue weighted by Gasteiger charge is 2.35. The Hall–Kier alpha value is -4.01. The van der Waals surface area contributed by atoms with Crippen molar-refractivity contribution in [3.05, 3.63) is 71.5 Å². The third-order valence-electron chi connectivity index (χ3n) is 6.39. The van der Waals surface area contributed by atoms with Crippen molar-refractivity contribution in [2.24, 2.45) is 10.9 Å². The molecule has 0 aromatic heterocycles. The smallest absolute Gasteiger partial charge is 0.318 e. The first-order valence-electron chi connectivity index (χ1n) is 11.9. The summed E-state index contributed by atoms with van der Waals surface area (Å²) in [5.41, 5.74) is 8.70. The second-order valence-corrected chi connectivity index (χ2v) is 13.2. The summed E-state index contributed by atoms with van der Waals surface area (Å²) < 4.78 is 50.2. The minimum atomic E-state index is -4.16. The molecule has 14 heteroatoms. The van der Waals surface area contributed by atoms with Crippen LogP contribution in [0.3, 0.4) is 0 Å². The van der Waals surface area contributed by atoms with Gasteiger partial charge in [0, 0.05) is 23.9 Å². The first-order chi connectivity index (χ1) is 18.6. The molecule has 1 atom stereocenters. The van der Waals surface area contributed by atoms with Crippen molar-refractivity contribution in [3.8, 4) is 11.1 Å². The summed E-state index contributed by atoms with van der Waals surface area (Å²) in [6.07, 6.45) is 3.49. The molecule has 1 amide bonds. The van der Waals surface area contributed by atoms with Gasteiger partial charge in [0.15, 0.2) is 9.84 Å². The van der Waals surface area contributed by atoms with Crippen LogP contribution in [0.4, 0.5) is 5.69 Å². The average Bonchev–Trinajstić information content (AvgIpc) is 2.87. The normalized spacial score (nSPS) is 16.1. The number of carboxylic acid groups (broad SMARTS) is 1. The number of oxime groups is 1. The van der Waals surface area contributed by atoms with Crippen molar-refractivity contribution in [2.45, 2.75) is 30.7 Å². The number of carbonyl (C=O) groups is 2. The van der Waals surface area contributed by atoms with Crippen molar-refractivity contribution >= 4 is 43.1 Å². The van der Waals surface area contributed by atoms with Crippen LogP contribution in [-0.2, 0) is 29.4 Å². The summed E-state index contributed by atoms with van der Waals surface area (Å²) in [6, 6.07) is 11.3. The lowest BCUT2D eigenvalue weighted by Crippen LogP contribution is -2.49. The summed E-state index contributed by atoms with van der Waals surface area (Å²) in [6.45, 7) is 0.669. The number of benzene rings is 2. The van der Waals surface area contributed by atoms with Crippen LogP contribution < -0.4 is 11.1 Å². The molecule has 1 aliphatic carbocycles. The molecule has 0 bridgehead atoms. The number of amides is 1. The van der Waals surface area contributed by atoms with Gasteiger partial charge < -0.3 is 21.4 Å². The molecule has 40 heavy (non-hydrogen) atoms. The summed E-state index contributed by atoms with van der Waals surface area (Å²) >= 11 is 0. The van der Waals surface area contributed by atoms with Crippen LogP contribution in [0.5, 0.6) is 0 Å². The Kier molecular flexibility index (Phi) is 9.18. The molecule has 3 rings (SSSR count). The van der Waals surface area contributed by atoms with Crippen LogP contribution in [0.2, 0.25) is 0 Å². The second-order valence-electron chi connectivity index (χ2n) is 9.28. The lowest BCUT2D eigenvalue weighted by atomic mass is 9.90. The number of aliphatic carboxylic acids is 1. The van der Waals surface area contributed by atoms with E-state index in [2.05, 4.69) is 10.5 Å². The van der Waals surface area contributed by atoms with E-state index >= 15 is 0 Å². The monoisotopic (exact) mass is 590 g/mol.